The summed E-state index contributed by atoms with van der Waals surface area (Å²) in [5, 5.41) is 9.65. The molecule has 2 aromatic rings. The van der Waals surface area contributed by atoms with Gasteiger partial charge in [0.05, 0.1) is 6.07 Å². The molecule has 1 heterocycles. The second-order valence-electron chi connectivity index (χ2n) is 3.30. The summed E-state index contributed by atoms with van der Waals surface area (Å²) in [5.74, 6) is 0.938. The molecule has 14 heavy (non-hydrogen) atoms. The minimum atomic E-state index is 0.515. The summed E-state index contributed by atoms with van der Waals surface area (Å²) >= 11 is 0. The second-order valence-corrected chi connectivity index (χ2v) is 3.30. The van der Waals surface area contributed by atoms with Crippen LogP contribution in [0.4, 0.5) is 0 Å². The topological polar surface area (TPSA) is 36.9 Å². The van der Waals surface area contributed by atoms with E-state index < -0.39 is 0 Å². The molecule has 0 radical (unpaired) electrons. The summed E-state index contributed by atoms with van der Waals surface area (Å²) in [4.78, 5) is 0. The molecule has 0 atom stereocenters. The number of fused-ring (bicyclic) bond motifs is 1. The van der Waals surface area contributed by atoms with Gasteiger partial charge in [0, 0.05) is 18.2 Å². The van der Waals surface area contributed by atoms with Crippen molar-refractivity contribution in [2.45, 2.75) is 19.8 Å². The van der Waals surface area contributed by atoms with Crippen LogP contribution in [0, 0.1) is 18.3 Å². The Morgan fingerprint density at radius 2 is 2.14 bits per heavy atom. The van der Waals surface area contributed by atoms with E-state index in [1.165, 1.54) is 0 Å². The van der Waals surface area contributed by atoms with Gasteiger partial charge in [0.1, 0.15) is 11.3 Å². The minimum absolute atomic E-state index is 0.515. The molecule has 0 amide bonds. The average Bonchev–Trinajstić information content (AvgIpc) is 2.54. The normalized spacial score (nSPS) is 10.3. The molecule has 0 fully saturated rings. The van der Waals surface area contributed by atoms with Crippen LogP contribution in [0.5, 0.6) is 0 Å². The molecule has 0 saturated carbocycles. The van der Waals surface area contributed by atoms with Crippen molar-refractivity contribution < 1.29 is 4.42 Å². The number of rotatable bonds is 2. The van der Waals surface area contributed by atoms with Gasteiger partial charge in [-0.05, 0) is 18.6 Å². The van der Waals surface area contributed by atoms with Gasteiger partial charge >= 0.3 is 0 Å². The molecule has 0 bridgehead atoms. The third-order valence-corrected chi connectivity index (χ3v) is 2.41. The maximum absolute atomic E-state index is 8.50. The summed E-state index contributed by atoms with van der Waals surface area (Å²) in [6.07, 6.45) is 1.22. The van der Waals surface area contributed by atoms with Crippen molar-refractivity contribution >= 4 is 11.0 Å². The predicted molar refractivity (Wildman–Crippen MR) is 54.9 cm³/mol. The zero-order valence-electron chi connectivity index (χ0n) is 8.08. The molecule has 0 N–H and O–H groups in total. The van der Waals surface area contributed by atoms with E-state index in [0.717, 1.165) is 22.3 Å². The summed E-state index contributed by atoms with van der Waals surface area (Å²) in [5.41, 5.74) is 2.08. The number of hydrogen-bond donors (Lipinski definition) is 0. The van der Waals surface area contributed by atoms with Crippen LogP contribution in [-0.2, 0) is 6.42 Å². The first-order valence-electron chi connectivity index (χ1n) is 4.67. The maximum Gasteiger partial charge on any atom is 0.134 e. The maximum atomic E-state index is 8.50. The van der Waals surface area contributed by atoms with Crippen molar-refractivity contribution in [3.05, 3.63) is 35.6 Å². The Bertz CT molecular complexity index is 490. The van der Waals surface area contributed by atoms with E-state index in [4.69, 9.17) is 9.68 Å². The Labute approximate surface area is 82.8 Å². The van der Waals surface area contributed by atoms with E-state index in [9.17, 15) is 0 Å². The van der Waals surface area contributed by atoms with Gasteiger partial charge in [0.15, 0.2) is 0 Å². The Hall–Kier alpha value is -1.75. The zero-order chi connectivity index (χ0) is 9.97. The summed E-state index contributed by atoms with van der Waals surface area (Å²) in [7, 11) is 0. The van der Waals surface area contributed by atoms with E-state index in [2.05, 4.69) is 6.07 Å². The van der Waals surface area contributed by atoms with Crippen molar-refractivity contribution in [2.75, 3.05) is 0 Å². The molecular formula is C12H11NO. The molecular weight excluding hydrogens is 174 g/mol. The van der Waals surface area contributed by atoms with Gasteiger partial charge in [-0.3, -0.25) is 0 Å². The van der Waals surface area contributed by atoms with Crippen LogP contribution in [0.1, 0.15) is 17.7 Å². The molecule has 0 aliphatic carbocycles. The molecule has 1 aromatic carbocycles. The Balaban J connectivity index is 2.47. The summed E-state index contributed by atoms with van der Waals surface area (Å²) in [6.45, 7) is 2.04. The molecule has 2 rings (SSSR count). The number of aryl methyl sites for hydroxylation is 2. The van der Waals surface area contributed by atoms with Crippen LogP contribution < -0.4 is 0 Å². The standard InChI is InChI=1S/C12H11NO/c1-9-10-5-2-3-6-12(10)14-11(9)7-4-8-13/h2-3,5-6H,4,7H2,1H3. The van der Waals surface area contributed by atoms with Crippen LogP contribution in [0.2, 0.25) is 0 Å². The highest BCUT2D eigenvalue weighted by Gasteiger charge is 2.08. The van der Waals surface area contributed by atoms with E-state index >= 15 is 0 Å². The lowest BCUT2D eigenvalue weighted by atomic mass is 10.1. The quantitative estimate of drug-likeness (QED) is 0.720. The fourth-order valence-corrected chi connectivity index (χ4v) is 1.63. The van der Waals surface area contributed by atoms with E-state index in [-0.39, 0.29) is 0 Å². The van der Waals surface area contributed by atoms with E-state index in [1.807, 2.05) is 31.2 Å². The largest absolute Gasteiger partial charge is 0.461 e. The lowest BCUT2D eigenvalue weighted by Crippen LogP contribution is -1.82. The Morgan fingerprint density at radius 3 is 2.86 bits per heavy atom. The van der Waals surface area contributed by atoms with Gasteiger partial charge in [0.25, 0.3) is 0 Å². The number of hydrogen-bond acceptors (Lipinski definition) is 2. The predicted octanol–water partition coefficient (Wildman–Crippen LogP) is 3.20. The van der Waals surface area contributed by atoms with Crippen LogP contribution in [0.25, 0.3) is 11.0 Å². The van der Waals surface area contributed by atoms with E-state index in [1.54, 1.807) is 0 Å². The van der Waals surface area contributed by atoms with Gasteiger partial charge < -0.3 is 4.42 Å². The third-order valence-electron chi connectivity index (χ3n) is 2.41. The minimum Gasteiger partial charge on any atom is -0.461 e. The van der Waals surface area contributed by atoms with Gasteiger partial charge in [-0.15, -0.1) is 0 Å². The number of nitrogens with zero attached hydrogens (tertiary/aromatic N) is 1. The first-order chi connectivity index (χ1) is 6.83. The Kier molecular flexibility index (Phi) is 2.24. The third kappa shape index (κ3) is 1.38. The highest BCUT2D eigenvalue weighted by Crippen LogP contribution is 2.25. The van der Waals surface area contributed by atoms with Crippen molar-refractivity contribution in [1.29, 1.82) is 5.26 Å². The summed E-state index contributed by atoms with van der Waals surface area (Å²) in [6, 6.07) is 10.1. The lowest BCUT2D eigenvalue weighted by molar-refractivity contribution is 0.546. The molecule has 2 heteroatoms. The first kappa shape index (κ1) is 8.83. The molecule has 2 nitrogen and oxygen atoms in total. The van der Waals surface area contributed by atoms with Crippen LogP contribution in [-0.4, -0.2) is 0 Å². The molecule has 70 valence electrons. The van der Waals surface area contributed by atoms with Crippen molar-refractivity contribution in [3.8, 4) is 6.07 Å². The number of nitriles is 1. The molecule has 0 saturated heterocycles. The molecule has 0 aliphatic heterocycles. The highest BCUT2D eigenvalue weighted by atomic mass is 16.3. The molecule has 0 spiro atoms. The Morgan fingerprint density at radius 1 is 1.36 bits per heavy atom. The monoisotopic (exact) mass is 185 g/mol. The van der Waals surface area contributed by atoms with Crippen molar-refractivity contribution in [3.63, 3.8) is 0 Å². The highest BCUT2D eigenvalue weighted by molar-refractivity contribution is 5.81. The van der Waals surface area contributed by atoms with Crippen LogP contribution in [0.15, 0.2) is 28.7 Å². The van der Waals surface area contributed by atoms with Gasteiger partial charge in [-0.1, -0.05) is 18.2 Å². The smallest absolute Gasteiger partial charge is 0.134 e. The van der Waals surface area contributed by atoms with Gasteiger partial charge in [-0.25, -0.2) is 0 Å². The van der Waals surface area contributed by atoms with Crippen molar-refractivity contribution in [1.82, 2.24) is 0 Å². The molecule has 1 aromatic heterocycles. The van der Waals surface area contributed by atoms with Crippen molar-refractivity contribution in [2.24, 2.45) is 0 Å². The first-order valence-corrected chi connectivity index (χ1v) is 4.67. The van der Waals surface area contributed by atoms with Crippen LogP contribution >= 0.6 is 0 Å². The second kappa shape index (κ2) is 3.55. The SMILES string of the molecule is Cc1c(CCC#N)oc2ccccc12. The number of benzene rings is 1. The molecule has 0 unspecified atom stereocenters. The van der Waals surface area contributed by atoms with E-state index in [0.29, 0.717) is 12.8 Å². The lowest BCUT2D eigenvalue weighted by Gasteiger charge is -1.91. The molecule has 0 aliphatic rings. The fourth-order valence-electron chi connectivity index (χ4n) is 1.63. The number of furan rings is 1. The number of para-hydroxylation sites is 1. The summed E-state index contributed by atoms with van der Waals surface area (Å²) < 4.78 is 5.65. The van der Waals surface area contributed by atoms with Crippen LogP contribution in [0.3, 0.4) is 0 Å². The van der Waals surface area contributed by atoms with Gasteiger partial charge in [-0.2, -0.15) is 5.26 Å². The zero-order valence-corrected chi connectivity index (χ0v) is 8.08. The fraction of sp³-hybridized carbons (Fsp3) is 0.250. The average molecular weight is 185 g/mol. The van der Waals surface area contributed by atoms with Gasteiger partial charge in [0.2, 0.25) is 0 Å².